The Labute approximate surface area is 39.1 Å². The number of hydrogen-bond donors (Lipinski definition) is 0. The summed E-state index contributed by atoms with van der Waals surface area (Å²) in [5, 5.41) is 0. The van der Waals surface area contributed by atoms with Gasteiger partial charge in [-0.05, 0) is 0 Å². The van der Waals surface area contributed by atoms with Crippen LogP contribution in [0.3, 0.4) is 0 Å². The molecule has 0 rings (SSSR count). The van der Waals surface area contributed by atoms with Crippen LogP contribution in [0, 0.1) is 0 Å². The fourth-order valence-corrected chi connectivity index (χ4v) is 0. The van der Waals surface area contributed by atoms with Crippen LogP contribution in [0.4, 0.5) is 0 Å². The molecule has 0 aromatic rings. The average molecular weight is 107 g/mol. The Morgan fingerprint density at radius 1 is 2.00 bits per heavy atom. The molecule has 2 heteroatoms. The topological polar surface area (TPSA) is 17.1 Å². The SMILES string of the molecule is C=C[C](=O)[Cr]. The molecule has 0 amide bonds. The molecule has 0 saturated heterocycles. The first-order chi connectivity index (χ1) is 2.27. The number of carbonyl (C=O) groups excluding carboxylic acids is 1. The number of rotatable bonds is 1. The second-order valence-electron chi connectivity index (χ2n) is 0.523. The van der Waals surface area contributed by atoms with Gasteiger partial charge in [0.15, 0.2) is 0 Å². The molecule has 0 saturated carbocycles. The summed E-state index contributed by atoms with van der Waals surface area (Å²) < 4.78 is -0.106. The Bertz CT molecular complexity index is 57.9. The Kier molecular flexibility index (Phi) is 2.17. The van der Waals surface area contributed by atoms with E-state index in [0.717, 1.165) is 0 Å². The standard InChI is InChI=1S/C3H3O.Cr/c1-2-3-4;/h2H,1H2;. The summed E-state index contributed by atoms with van der Waals surface area (Å²) in [4.78, 5) is 9.64. The summed E-state index contributed by atoms with van der Waals surface area (Å²) in [6.45, 7) is 3.18. The van der Waals surface area contributed by atoms with Gasteiger partial charge >= 0.3 is 38.4 Å². The van der Waals surface area contributed by atoms with Crippen molar-refractivity contribution in [2.45, 2.75) is 0 Å². The van der Waals surface area contributed by atoms with Crippen LogP contribution in [-0.2, 0) is 21.1 Å². The van der Waals surface area contributed by atoms with Crippen molar-refractivity contribution in [2.24, 2.45) is 0 Å². The van der Waals surface area contributed by atoms with Crippen molar-refractivity contribution in [1.82, 2.24) is 0 Å². The van der Waals surface area contributed by atoms with Gasteiger partial charge in [-0.3, -0.25) is 0 Å². The summed E-state index contributed by atoms with van der Waals surface area (Å²) in [6, 6.07) is 0. The molecule has 5 heavy (non-hydrogen) atoms. The first-order valence-corrected chi connectivity index (χ1v) is 1.74. The third kappa shape index (κ3) is 3.94. The van der Waals surface area contributed by atoms with Gasteiger partial charge in [0.1, 0.15) is 0 Å². The van der Waals surface area contributed by atoms with Gasteiger partial charge in [0, 0.05) is 0 Å². The van der Waals surface area contributed by atoms with Gasteiger partial charge in [0.25, 0.3) is 0 Å². The van der Waals surface area contributed by atoms with Gasteiger partial charge in [-0.2, -0.15) is 0 Å². The van der Waals surface area contributed by atoms with Crippen LogP contribution in [0.15, 0.2) is 12.7 Å². The molecular formula is C3H3CrO. The summed E-state index contributed by atoms with van der Waals surface area (Å²) in [5.41, 5.74) is 0. The van der Waals surface area contributed by atoms with E-state index < -0.39 is 0 Å². The van der Waals surface area contributed by atoms with E-state index in [1.54, 1.807) is 0 Å². The van der Waals surface area contributed by atoms with Crippen LogP contribution in [0.2, 0.25) is 0 Å². The number of allylic oxidation sites excluding steroid dienone is 1. The van der Waals surface area contributed by atoms with Crippen LogP contribution >= 0.6 is 0 Å². The molecule has 0 heterocycles. The van der Waals surface area contributed by atoms with E-state index >= 15 is 0 Å². The Morgan fingerprint density at radius 3 is 2.20 bits per heavy atom. The van der Waals surface area contributed by atoms with E-state index in [4.69, 9.17) is 0 Å². The molecule has 0 aromatic heterocycles. The van der Waals surface area contributed by atoms with Crippen LogP contribution < -0.4 is 0 Å². The van der Waals surface area contributed by atoms with Crippen LogP contribution in [0.5, 0.6) is 0 Å². The first kappa shape index (κ1) is 4.94. The van der Waals surface area contributed by atoms with Crippen molar-refractivity contribution in [1.29, 1.82) is 0 Å². The van der Waals surface area contributed by atoms with E-state index in [1.165, 1.54) is 6.08 Å². The fraction of sp³-hybridized carbons (Fsp3) is 0. The minimum absolute atomic E-state index is 0.106. The Morgan fingerprint density at radius 2 is 2.20 bits per heavy atom. The molecule has 0 aliphatic carbocycles. The normalized spacial score (nSPS) is 6.40. The summed E-state index contributed by atoms with van der Waals surface area (Å²) >= 11 is 2.23. The van der Waals surface area contributed by atoms with Crippen molar-refractivity contribution in [3.8, 4) is 0 Å². The molecule has 0 bridgehead atoms. The molecule has 0 atom stereocenters. The Balaban J connectivity index is 3.20. The third-order valence-electron chi connectivity index (χ3n) is 0.167. The second kappa shape index (κ2) is 2.20. The average Bonchev–Trinajstić information content (AvgIpc) is 1.38. The van der Waals surface area contributed by atoms with Crippen molar-refractivity contribution < 1.29 is 21.1 Å². The quantitative estimate of drug-likeness (QED) is 0.439. The predicted octanol–water partition coefficient (Wildman–Crippen LogP) is 0.246. The van der Waals surface area contributed by atoms with Crippen molar-refractivity contribution >= 4 is 4.65 Å². The molecule has 0 unspecified atom stereocenters. The predicted molar refractivity (Wildman–Crippen MR) is 15.2 cm³/mol. The van der Waals surface area contributed by atoms with E-state index in [-0.39, 0.29) is 4.65 Å². The molecular weight excluding hydrogens is 104 g/mol. The van der Waals surface area contributed by atoms with Crippen LogP contribution in [0.25, 0.3) is 0 Å². The zero-order valence-corrected chi connectivity index (χ0v) is 3.88. The summed E-state index contributed by atoms with van der Waals surface area (Å²) in [6.07, 6.45) is 1.22. The van der Waals surface area contributed by atoms with Crippen LogP contribution in [-0.4, -0.2) is 4.65 Å². The zero-order valence-electron chi connectivity index (χ0n) is 2.60. The third-order valence-corrected chi connectivity index (χ3v) is 0.427. The van der Waals surface area contributed by atoms with Crippen molar-refractivity contribution in [3.63, 3.8) is 0 Å². The molecule has 27 valence electrons. The molecule has 0 spiro atoms. The van der Waals surface area contributed by atoms with Gasteiger partial charge in [0.2, 0.25) is 0 Å². The maximum absolute atomic E-state index is 9.64. The summed E-state index contributed by atoms with van der Waals surface area (Å²) in [7, 11) is 0. The van der Waals surface area contributed by atoms with E-state index in [0.29, 0.717) is 0 Å². The van der Waals surface area contributed by atoms with Gasteiger partial charge in [-0.1, -0.05) is 0 Å². The molecule has 0 aliphatic heterocycles. The first-order valence-electron chi connectivity index (χ1n) is 1.11. The fourth-order valence-electron chi connectivity index (χ4n) is 0. The molecule has 0 radical (unpaired) electrons. The Hall–Kier alpha value is -0.0575. The molecule has 1 nitrogen and oxygen atoms in total. The zero-order chi connectivity index (χ0) is 4.28. The van der Waals surface area contributed by atoms with E-state index in [1.807, 2.05) is 0 Å². The number of carbonyl (C=O) groups is 1. The van der Waals surface area contributed by atoms with Gasteiger partial charge < -0.3 is 0 Å². The van der Waals surface area contributed by atoms with E-state index in [9.17, 15) is 4.79 Å². The van der Waals surface area contributed by atoms with Crippen molar-refractivity contribution in [3.05, 3.63) is 12.7 Å². The molecule has 0 fully saturated rings. The summed E-state index contributed by atoms with van der Waals surface area (Å²) in [5.74, 6) is 0. The number of hydrogen-bond acceptors (Lipinski definition) is 1. The van der Waals surface area contributed by atoms with Gasteiger partial charge in [-0.25, -0.2) is 0 Å². The molecule has 0 N–H and O–H groups in total. The van der Waals surface area contributed by atoms with Crippen LogP contribution in [0.1, 0.15) is 0 Å². The second-order valence-corrected chi connectivity index (χ2v) is 1.15. The minimum atomic E-state index is -0.106. The van der Waals surface area contributed by atoms with Crippen molar-refractivity contribution in [2.75, 3.05) is 0 Å². The van der Waals surface area contributed by atoms with Gasteiger partial charge in [-0.15, -0.1) is 0 Å². The molecule has 0 aliphatic rings. The van der Waals surface area contributed by atoms with E-state index in [2.05, 4.69) is 22.9 Å². The molecule has 0 aromatic carbocycles. The maximum atomic E-state index is 9.64. The van der Waals surface area contributed by atoms with Gasteiger partial charge in [0.05, 0.1) is 0 Å². The monoisotopic (exact) mass is 107 g/mol.